The van der Waals surface area contributed by atoms with Crippen LogP contribution < -0.4 is 16.6 Å². The van der Waals surface area contributed by atoms with Gasteiger partial charge in [-0.3, -0.25) is 9.59 Å². The number of aromatic nitrogens is 1. The molecular formula is C12H16BrN5O2. The number of carbonyl (C=O) groups is 2. The van der Waals surface area contributed by atoms with Crippen LogP contribution in [0.15, 0.2) is 16.7 Å². The molecule has 4 N–H and O–H groups in total. The number of nitrogen functional groups attached to an aromatic ring is 1. The molecule has 20 heavy (non-hydrogen) atoms. The minimum atomic E-state index is -0.264. The molecule has 1 fully saturated rings. The number of amides is 2. The zero-order chi connectivity index (χ0) is 14.7. The number of nitrogens with one attached hydrogen (secondary N) is 2. The van der Waals surface area contributed by atoms with E-state index in [1.54, 1.807) is 24.2 Å². The van der Waals surface area contributed by atoms with Gasteiger partial charge in [0, 0.05) is 36.7 Å². The van der Waals surface area contributed by atoms with Gasteiger partial charge in [-0.25, -0.2) is 10.8 Å². The summed E-state index contributed by atoms with van der Waals surface area (Å²) in [4.78, 5) is 29.3. The molecule has 1 saturated heterocycles. The quantitative estimate of drug-likeness (QED) is 0.548. The van der Waals surface area contributed by atoms with Crippen molar-refractivity contribution >= 4 is 33.6 Å². The Kier molecular flexibility index (Phi) is 4.56. The summed E-state index contributed by atoms with van der Waals surface area (Å²) in [6, 6.07) is 1.59. The molecule has 0 aliphatic carbocycles. The van der Waals surface area contributed by atoms with E-state index in [1.165, 1.54) is 0 Å². The van der Waals surface area contributed by atoms with Crippen molar-refractivity contribution in [2.45, 2.75) is 18.9 Å². The Hall–Kier alpha value is -1.67. The first-order chi connectivity index (χ1) is 9.51. The highest BCUT2D eigenvalue weighted by Crippen LogP contribution is 2.18. The number of hydrogen-bond donors (Lipinski definition) is 3. The largest absolute Gasteiger partial charge is 0.347 e. The van der Waals surface area contributed by atoms with Crippen molar-refractivity contribution in [2.24, 2.45) is 5.84 Å². The van der Waals surface area contributed by atoms with Crippen molar-refractivity contribution in [1.29, 1.82) is 0 Å². The van der Waals surface area contributed by atoms with E-state index in [1.807, 2.05) is 0 Å². The van der Waals surface area contributed by atoms with Crippen LogP contribution in [0, 0.1) is 0 Å². The molecule has 7 nitrogen and oxygen atoms in total. The maximum atomic E-state index is 12.3. The van der Waals surface area contributed by atoms with Crippen molar-refractivity contribution in [1.82, 2.24) is 15.2 Å². The third-order valence-electron chi connectivity index (χ3n) is 3.20. The molecule has 2 heterocycles. The number of likely N-dealkylation sites (tertiary alicyclic amines) is 1. The molecule has 2 rings (SSSR count). The fourth-order valence-corrected chi connectivity index (χ4v) is 2.45. The standard InChI is InChI=1S/C12H16BrN5O2/c1-18-6-8(2-3-10(18)19)16-12(20)9-4-7(13)5-15-11(9)17-14/h4-5,8H,2-3,6,14H2,1H3,(H,15,17)(H,16,20). The first kappa shape index (κ1) is 14.7. The highest BCUT2D eigenvalue weighted by molar-refractivity contribution is 9.10. The first-order valence-corrected chi connectivity index (χ1v) is 6.97. The predicted octanol–water partition coefficient (Wildman–Crippen LogP) is 0.480. The number of carbonyl (C=O) groups excluding carboxylic acids is 2. The lowest BCUT2D eigenvalue weighted by Crippen LogP contribution is -2.48. The zero-order valence-corrected chi connectivity index (χ0v) is 12.6. The molecule has 1 unspecified atom stereocenters. The van der Waals surface area contributed by atoms with E-state index in [-0.39, 0.29) is 17.9 Å². The maximum Gasteiger partial charge on any atom is 0.255 e. The number of hydrazine groups is 1. The van der Waals surface area contributed by atoms with Crippen molar-refractivity contribution in [2.75, 3.05) is 19.0 Å². The van der Waals surface area contributed by atoms with Crippen LogP contribution >= 0.6 is 15.9 Å². The summed E-state index contributed by atoms with van der Waals surface area (Å²) < 4.78 is 0.692. The number of rotatable bonds is 3. The lowest BCUT2D eigenvalue weighted by molar-refractivity contribution is -0.132. The Morgan fingerprint density at radius 3 is 3.00 bits per heavy atom. The molecule has 0 aromatic carbocycles. The molecule has 0 saturated carbocycles. The van der Waals surface area contributed by atoms with Gasteiger partial charge in [-0.2, -0.15) is 0 Å². The number of anilines is 1. The molecule has 1 aliphatic rings. The van der Waals surface area contributed by atoms with Crippen LogP contribution in [0.1, 0.15) is 23.2 Å². The van der Waals surface area contributed by atoms with Gasteiger partial charge in [-0.15, -0.1) is 0 Å². The third-order valence-corrected chi connectivity index (χ3v) is 3.63. The second-order valence-corrected chi connectivity index (χ2v) is 5.59. The van der Waals surface area contributed by atoms with Crippen molar-refractivity contribution in [3.05, 3.63) is 22.3 Å². The molecule has 0 bridgehead atoms. The molecule has 0 spiro atoms. The fraction of sp³-hybridized carbons (Fsp3) is 0.417. The van der Waals surface area contributed by atoms with Gasteiger partial charge >= 0.3 is 0 Å². The molecular weight excluding hydrogens is 326 g/mol. The first-order valence-electron chi connectivity index (χ1n) is 6.18. The summed E-state index contributed by atoms with van der Waals surface area (Å²) in [6.45, 7) is 0.511. The lowest BCUT2D eigenvalue weighted by Gasteiger charge is -2.30. The average Bonchev–Trinajstić information content (AvgIpc) is 2.43. The van der Waals surface area contributed by atoms with Gasteiger partial charge in [0.1, 0.15) is 0 Å². The smallest absolute Gasteiger partial charge is 0.255 e. The Labute approximate surface area is 125 Å². The number of halogens is 1. The van der Waals surface area contributed by atoms with Crippen LogP contribution in [-0.2, 0) is 4.79 Å². The number of piperidine rings is 1. The monoisotopic (exact) mass is 341 g/mol. The van der Waals surface area contributed by atoms with Crippen LogP contribution in [0.3, 0.4) is 0 Å². The number of nitrogens with zero attached hydrogens (tertiary/aromatic N) is 2. The molecule has 1 atom stereocenters. The van der Waals surface area contributed by atoms with E-state index < -0.39 is 0 Å². The Bertz CT molecular complexity index is 537. The molecule has 1 aromatic heterocycles. The van der Waals surface area contributed by atoms with Gasteiger partial charge in [-0.1, -0.05) is 0 Å². The normalized spacial score (nSPS) is 18.9. The van der Waals surface area contributed by atoms with Gasteiger partial charge in [0.2, 0.25) is 5.91 Å². The predicted molar refractivity (Wildman–Crippen MR) is 77.9 cm³/mol. The van der Waals surface area contributed by atoms with Crippen LogP contribution in [0.4, 0.5) is 5.82 Å². The Balaban J connectivity index is 2.09. The van der Waals surface area contributed by atoms with E-state index in [0.29, 0.717) is 35.2 Å². The number of nitrogens with two attached hydrogens (primary N) is 1. The van der Waals surface area contributed by atoms with Crippen molar-refractivity contribution < 1.29 is 9.59 Å². The van der Waals surface area contributed by atoms with Crippen LogP contribution in [0.5, 0.6) is 0 Å². The molecule has 8 heteroatoms. The van der Waals surface area contributed by atoms with E-state index in [9.17, 15) is 9.59 Å². The Morgan fingerprint density at radius 1 is 1.60 bits per heavy atom. The third kappa shape index (κ3) is 3.26. The van der Waals surface area contributed by atoms with Gasteiger partial charge in [0.05, 0.1) is 5.56 Å². The van der Waals surface area contributed by atoms with E-state index in [2.05, 4.69) is 31.7 Å². The number of likely N-dealkylation sites (N-methyl/N-ethyl adjacent to an activating group) is 1. The molecule has 1 aliphatic heterocycles. The summed E-state index contributed by atoms with van der Waals surface area (Å²) >= 11 is 3.27. The van der Waals surface area contributed by atoms with Crippen LogP contribution in [0.2, 0.25) is 0 Å². The van der Waals surface area contributed by atoms with E-state index >= 15 is 0 Å². The minimum absolute atomic E-state index is 0.0604. The number of hydrogen-bond acceptors (Lipinski definition) is 5. The van der Waals surface area contributed by atoms with E-state index in [0.717, 1.165) is 0 Å². The van der Waals surface area contributed by atoms with Gasteiger partial charge in [-0.05, 0) is 28.4 Å². The van der Waals surface area contributed by atoms with Crippen molar-refractivity contribution in [3.63, 3.8) is 0 Å². The van der Waals surface area contributed by atoms with Crippen LogP contribution in [-0.4, -0.2) is 41.3 Å². The van der Waals surface area contributed by atoms with Crippen molar-refractivity contribution in [3.8, 4) is 0 Å². The summed E-state index contributed by atoms with van der Waals surface area (Å²) in [5, 5.41) is 2.90. The summed E-state index contributed by atoms with van der Waals surface area (Å²) in [5.41, 5.74) is 2.76. The summed E-state index contributed by atoms with van der Waals surface area (Å²) in [7, 11) is 1.73. The SMILES string of the molecule is CN1CC(NC(=O)c2cc(Br)cnc2NN)CCC1=O. The fourth-order valence-electron chi connectivity index (χ4n) is 2.12. The van der Waals surface area contributed by atoms with Gasteiger partial charge in [0.15, 0.2) is 5.82 Å². The second-order valence-electron chi connectivity index (χ2n) is 4.68. The molecule has 108 valence electrons. The lowest BCUT2D eigenvalue weighted by atomic mass is 10.1. The average molecular weight is 342 g/mol. The highest BCUT2D eigenvalue weighted by atomic mass is 79.9. The molecule has 1 aromatic rings. The molecule has 0 radical (unpaired) electrons. The maximum absolute atomic E-state index is 12.3. The van der Waals surface area contributed by atoms with Crippen LogP contribution in [0.25, 0.3) is 0 Å². The van der Waals surface area contributed by atoms with Gasteiger partial charge in [0.25, 0.3) is 5.91 Å². The Morgan fingerprint density at radius 2 is 2.35 bits per heavy atom. The minimum Gasteiger partial charge on any atom is -0.347 e. The summed E-state index contributed by atoms with van der Waals surface area (Å²) in [6.07, 6.45) is 2.64. The van der Waals surface area contributed by atoms with Gasteiger partial charge < -0.3 is 15.6 Å². The van der Waals surface area contributed by atoms with E-state index in [4.69, 9.17) is 5.84 Å². The molecule has 2 amide bonds. The second kappa shape index (κ2) is 6.19. The zero-order valence-electron chi connectivity index (χ0n) is 11.0. The highest BCUT2D eigenvalue weighted by Gasteiger charge is 2.25. The number of pyridine rings is 1. The summed E-state index contributed by atoms with van der Waals surface area (Å²) in [5.74, 6) is 5.50. The topological polar surface area (TPSA) is 100 Å².